The van der Waals surface area contributed by atoms with Gasteiger partial charge in [-0.05, 0) is 128 Å². The summed E-state index contributed by atoms with van der Waals surface area (Å²) in [5, 5.41) is 0. The van der Waals surface area contributed by atoms with Gasteiger partial charge in [0.05, 0.1) is 0 Å². The van der Waals surface area contributed by atoms with Gasteiger partial charge in [0.2, 0.25) is 0 Å². The van der Waals surface area contributed by atoms with E-state index in [1.165, 1.54) is 76.6 Å². The zero-order chi connectivity index (χ0) is 41.2. The topological polar surface area (TPSA) is 3.24 Å². The molecule has 0 saturated carbocycles. The summed E-state index contributed by atoms with van der Waals surface area (Å²) in [4.78, 5) is 5.05. The van der Waals surface area contributed by atoms with Gasteiger partial charge in [-0.15, -0.1) is 0 Å². The van der Waals surface area contributed by atoms with Gasteiger partial charge in [-0.25, -0.2) is 0 Å². The quantitative estimate of drug-likeness (QED) is 0.136. The second-order valence-corrected chi connectivity index (χ2v) is 17.6. The van der Waals surface area contributed by atoms with E-state index in [1.54, 1.807) is 0 Å². The average Bonchev–Trinajstić information content (AvgIpc) is 3.31. The number of para-hydroxylation sites is 1. The minimum Gasteiger partial charge on any atom is -0.310 e. The number of anilines is 3. The third-order valence-electron chi connectivity index (χ3n) is 12.2. The highest BCUT2D eigenvalue weighted by Gasteiger charge is 2.33. The first-order valence-electron chi connectivity index (χ1n) is 21.2. The van der Waals surface area contributed by atoms with Crippen LogP contribution in [-0.2, 0) is 18.3 Å². The Bertz CT molecular complexity index is 2970. The predicted octanol–water partition coefficient (Wildman–Crippen LogP) is 16.1. The summed E-state index contributed by atoms with van der Waals surface area (Å²) in [6.45, 7) is 4.69. The Morgan fingerprint density at radius 1 is 0.361 bits per heavy atom. The van der Waals surface area contributed by atoms with Crippen molar-refractivity contribution in [2.24, 2.45) is 0 Å². The van der Waals surface area contributed by atoms with E-state index in [0.29, 0.717) is 0 Å². The van der Waals surface area contributed by atoms with Crippen LogP contribution < -0.4 is 4.90 Å². The van der Waals surface area contributed by atoms with Crippen molar-refractivity contribution in [1.82, 2.24) is 0 Å². The van der Waals surface area contributed by atoms with Crippen molar-refractivity contribution in [3.8, 4) is 33.4 Å². The van der Waals surface area contributed by atoms with Gasteiger partial charge in [0.15, 0.2) is 0 Å². The summed E-state index contributed by atoms with van der Waals surface area (Å²) in [7, 11) is 0. The monoisotopic (exact) mass is 801 g/mol. The van der Waals surface area contributed by atoms with Gasteiger partial charge in [-0.2, -0.15) is 0 Å². The van der Waals surface area contributed by atoms with Crippen LogP contribution in [0.2, 0.25) is 0 Å². The molecule has 9 aromatic rings. The van der Waals surface area contributed by atoms with Crippen molar-refractivity contribution in [3.63, 3.8) is 0 Å². The molecule has 2 heteroatoms. The van der Waals surface area contributed by atoms with Crippen molar-refractivity contribution >= 4 is 28.8 Å². The molecule has 1 aliphatic rings. The van der Waals surface area contributed by atoms with Crippen molar-refractivity contribution in [2.75, 3.05) is 4.90 Å². The van der Waals surface area contributed by atoms with Gasteiger partial charge in [-0.1, -0.05) is 202 Å². The summed E-state index contributed by atoms with van der Waals surface area (Å²) in [5.41, 5.74) is 18.8. The molecule has 0 amide bonds. The lowest BCUT2D eigenvalue weighted by Gasteiger charge is -2.34. The first-order chi connectivity index (χ1) is 30.0. The molecule has 9 aromatic carbocycles. The van der Waals surface area contributed by atoms with Crippen LogP contribution in [0.4, 0.5) is 17.1 Å². The van der Waals surface area contributed by atoms with E-state index < -0.39 is 0 Å². The number of fused-ring (bicyclic) bond motifs is 2. The van der Waals surface area contributed by atoms with Crippen LogP contribution in [0.15, 0.2) is 234 Å². The average molecular weight is 802 g/mol. The Hall–Kier alpha value is -6.87. The largest absolute Gasteiger partial charge is 0.310 e. The Kier molecular flexibility index (Phi) is 10.5. The van der Waals surface area contributed by atoms with Crippen LogP contribution in [-0.4, -0.2) is 0 Å². The lowest BCUT2D eigenvalue weighted by atomic mass is 9.77. The Morgan fingerprint density at radius 3 is 1.49 bits per heavy atom. The summed E-state index contributed by atoms with van der Waals surface area (Å²) in [6.07, 6.45) is 1.77. The van der Waals surface area contributed by atoms with Crippen molar-refractivity contribution in [1.29, 1.82) is 0 Å². The van der Waals surface area contributed by atoms with Crippen LogP contribution in [0.3, 0.4) is 0 Å². The first-order valence-corrected chi connectivity index (χ1v) is 22.1. The Balaban J connectivity index is 0.934. The molecule has 0 aromatic heterocycles. The fourth-order valence-corrected chi connectivity index (χ4v) is 10.5. The van der Waals surface area contributed by atoms with Gasteiger partial charge < -0.3 is 4.90 Å². The lowest BCUT2D eigenvalue weighted by molar-refractivity contribution is 0.607. The van der Waals surface area contributed by atoms with E-state index in [0.717, 1.165) is 29.9 Å². The third-order valence-corrected chi connectivity index (χ3v) is 13.4. The molecule has 1 aliphatic heterocycles. The number of nitrogens with zero attached hydrogens (tertiary/aromatic N) is 1. The SMILES string of the molecule is CC1(C)c2ccccc2Sc2cc(-c3cccc(N(c4ccccc4)c4cccc(-c5ccc(Cc6ccccc6-c6ccccc6Cc6ccccc6)cc5)c4)c3)ccc21. The number of hydrogen-bond donors (Lipinski definition) is 0. The Labute approximate surface area is 365 Å². The van der Waals surface area contributed by atoms with Crippen LogP contribution in [0.25, 0.3) is 33.4 Å². The van der Waals surface area contributed by atoms with E-state index in [4.69, 9.17) is 0 Å². The minimum atomic E-state index is -0.0475. The summed E-state index contributed by atoms with van der Waals surface area (Å²) < 4.78 is 0. The molecule has 294 valence electrons. The normalized spacial score (nSPS) is 12.6. The van der Waals surface area contributed by atoms with Crippen molar-refractivity contribution in [3.05, 3.63) is 258 Å². The van der Waals surface area contributed by atoms with Crippen molar-refractivity contribution < 1.29 is 0 Å². The standard InChI is InChI=1S/C59H47NS/c1-59(2)55-29-13-14-30-57(55)61-58-41-47(35-36-56(58)59)46-22-16-26-52(40-46)60(50-23-7-4-8-24-50)51-25-15-21-45(39-51)44-33-31-43(32-34-44)38-49-20-10-12-28-54(49)53-27-11-9-19-48(53)37-42-17-5-3-6-18-42/h3-36,39-41H,37-38H2,1-2H3. The molecule has 0 bridgehead atoms. The summed E-state index contributed by atoms with van der Waals surface area (Å²) in [5.74, 6) is 0. The predicted molar refractivity (Wildman–Crippen MR) is 259 cm³/mol. The summed E-state index contributed by atoms with van der Waals surface area (Å²) >= 11 is 1.89. The Morgan fingerprint density at radius 2 is 0.836 bits per heavy atom. The highest BCUT2D eigenvalue weighted by atomic mass is 32.2. The molecule has 0 spiro atoms. The zero-order valence-electron chi connectivity index (χ0n) is 34.6. The molecule has 1 nitrogen and oxygen atoms in total. The molecule has 0 N–H and O–H groups in total. The van der Waals surface area contributed by atoms with E-state index in [2.05, 4.69) is 243 Å². The van der Waals surface area contributed by atoms with Crippen LogP contribution in [0.5, 0.6) is 0 Å². The van der Waals surface area contributed by atoms with Crippen LogP contribution in [0, 0.1) is 0 Å². The molecule has 61 heavy (non-hydrogen) atoms. The fourth-order valence-electron chi connectivity index (χ4n) is 9.04. The molecule has 0 saturated heterocycles. The van der Waals surface area contributed by atoms with Gasteiger partial charge in [-0.3, -0.25) is 0 Å². The van der Waals surface area contributed by atoms with E-state index in [-0.39, 0.29) is 5.41 Å². The molecule has 0 radical (unpaired) electrons. The number of rotatable bonds is 10. The van der Waals surface area contributed by atoms with Crippen molar-refractivity contribution in [2.45, 2.75) is 41.9 Å². The molecule has 0 unspecified atom stereocenters. The maximum absolute atomic E-state index is 2.39. The fraction of sp³-hybridized carbons (Fsp3) is 0.0847. The summed E-state index contributed by atoms with van der Waals surface area (Å²) in [6, 6.07) is 82.2. The maximum atomic E-state index is 2.39. The second-order valence-electron chi connectivity index (χ2n) is 16.6. The first kappa shape index (κ1) is 38.3. The van der Waals surface area contributed by atoms with E-state index >= 15 is 0 Å². The molecule has 0 aliphatic carbocycles. The molecular weight excluding hydrogens is 755 g/mol. The highest BCUT2D eigenvalue weighted by molar-refractivity contribution is 7.99. The lowest BCUT2D eigenvalue weighted by Crippen LogP contribution is -2.23. The molecular formula is C59H47NS. The van der Waals surface area contributed by atoms with Gasteiger partial charge in [0, 0.05) is 32.3 Å². The minimum absolute atomic E-state index is 0.0475. The molecule has 1 heterocycles. The van der Waals surface area contributed by atoms with Gasteiger partial charge in [0.1, 0.15) is 0 Å². The molecule has 10 rings (SSSR count). The van der Waals surface area contributed by atoms with Gasteiger partial charge in [0.25, 0.3) is 0 Å². The molecule has 0 atom stereocenters. The highest BCUT2D eigenvalue weighted by Crippen LogP contribution is 2.50. The zero-order valence-corrected chi connectivity index (χ0v) is 35.4. The maximum Gasteiger partial charge on any atom is 0.0467 e. The second kappa shape index (κ2) is 16.6. The number of hydrogen-bond acceptors (Lipinski definition) is 2. The smallest absolute Gasteiger partial charge is 0.0467 e. The van der Waals surface area contributed by atoms with Gasteiger partial charge >= 0.3 is 0 Å². The van der Waals surface area contributed by atoms with Crippen LogP contribution in [0.1, 0.15) is 47.2 Å². The van der Waals surface area contributed by atoms with E-state index in [9.17, 15) is 0 Å². The number of benzene rings is 9. The molecule has 0 fully saturated rings. The van der Waals surface area contributed by atoms with Crippen LogP contribution >= 0.6 is 11.8 Å². The van der Waals surface area contributed by atoms with E-state index in [1.807, 2.05) is 11.8 Å². The third kappa shape index (κ3) is 7.84.